The van der Waals surface area contributed by atoms with Crippen molar-refractivity contribution in [2.24, 2.45) is 5.92 Å². The van der Waals surface area contributed by atoms with Gasteiger partial charge in [-0.25, -0.2) is 4.79 Å². The number of amides is 2. The maximum absolute atomic E-state index is 12.8. The fraction of sp³-hybridized carbons (Fsp3) is 0.400. The first-order valence-corrected chi connectivity index (χ1v) is 11.1. The molecule has 3 unspecified atom stereocenters. The quantitative estimate of drug-likeness (QED) is 0.669. The van der Waals surface area contributed by atoms with Gasteiger partial charge in [-0.3, -0.25) is 9.59 Å². The van der Waals surface area contributed by atoms with E-state index in [9.17, 15) is 19.5 Å². The van der Waals surface area contributed by atoms with Crippen molar-refractivity contribution in [1.82, 2.24) is 10.2 Å². The molecule has 8 nitrogen and oxygen atoms in total. The van der Waals surface area contributed by atoms with Crippen molar-refractivity contribution in [2.45, 2.75) is 31.4 Å². The molecule has 2 aromatic carbocycles. The van der Waals surface area contributed by atoms with Gasteiger partial charge in [-0.1, -0.05) is 48.5 Å². The Kier molecular flexibility index (Phi) is 6.65. The number of ether oxygens (including phenoxy) is 2. The summed E-state index contributed by atoms with van der Waals surface area (Å²) in [5.41, 5.74) is 4.53. The molecule has 3 atom stereocenters. The van der Waals surface area contributed by atoms with Gasteiger partial charge in [-0.15, -0.1) is 0 Å². The lowest BCUT2D eigenvalue weighted by atomic mass is 9.98. The van der Waals surface area contributed by atoms with Gasteiger partial charge in [0.2, 0.25) is 0 Å². The summed E-state index contributed by atoms with van der Waals surface area (Å²) in [4.78, 5) is 38.1. The van der Waals surface area contributed by atoms with Crippen LogP contribution in [0, 0.1) is 5.92 Å². The summed E-state index contributed by atoms with van der Waals surface area (Å²) in [7, 11) is 1.39. The SMILES string of the molecule is COC(CNC(=O)OCC1c2ccccc2-c2ccccc21)C(=O)N1CCC(C(=O)O)C1C. The average molecular weight is 453 g/mol. The minimum absolute atomic E-state index is 0.0543. The smallest absolute Gasteiger partial charge is 0.407 e. The molecule has 2 aromatic rings. The molecule has 0 radical (unpaired) electrons. The molecule has 0 saturated carbocycles. The van der Waals surface area contributed by atoms with Gasteiger partial charge < -0.3 is 24.8 Å². The number of hydrogen-bond acceptors (Lipinski definition) is 5. The Hall–Kier alpha value is -3.39. The number of rotatable bonds is 7. The molecule has 2 N–H and O–H groups in total. The molecule has 4 rings (SSSR count). The van der Waals surface area contributed by atoms with Gasteiger partial charge in [0, 0.05) is 25.6 Å². The van der Waals surface area contributed by atoms with E-state index in [4.69, 9.17) is 9.47 Å². The Balaban J connectivity index is 1.33. The van der Waals surface area contributed by atoms with Crippen molar-refractivity contribution in [3.8, 4) is 11.1 Å². The summed E-state index contributed by atoms with van der Waals surface area (Å²) in [5.74, 6) is -1.90. The molecule has 33 heavy (non-hydrogen) atoms. The summed E-state index contributed by atoms with van der Waals surface area (Å²) in [6.45, 7) is 2.18. The zero-order chi connectivity index (χ0) is 23.5. The topological polar surface area (TPSA) is 105 Å². The van der Waals surface area contributed by atoms with Crippen LogP contribution in [0.4, 0.5) is 4.79 Å². The summed E-state index contributed by atoms with van der Waals surface area (Å²) < 4.78 is 10.8. The fourth-order valence-corrected chi connectivity index (χ4v) is 4.86. The first kappa shape index (κ1) is 22.8. The van der Waals surface area contributed by atoms with Crippen molar-refractivity contribution in [3.05, 3.63) is 59.7 Å². The Morgan fingerprint density at radius 2 is 1.70 bits per heavy atom. The second kappa shape index (κ2) is 9.62. The third-order valence-electron chi connectivity index (χ3n) is 6.69. The second-order valence-electron chi connectivity index (χ2n) is 8.44. The highest BCUT2D eigenvalue weighted by Gasteiger charge is 2.40. The number of methoxy groups -OCH3 is 1. The number of carboxylic acid groups (broad SMARTS) is 1. The number of hydrogen-bond donors (Lipinski definition) is 2. The molecule has 1 aliphatic carbocycles. The molecule has 1 fully saturated rings. The van der Waals surface area contributed by atoms with Crippen LogP contribution in [-0.4, -0.2) is 66.9 Å². The number of carboxylic acids is 1. The number of carbonyl (C=O) groups excluding carboxylic acids is 2. The third-order valence-corrected chi connectivity index (χ3v) is 6.69. The highest BCUT2D eigenvalue weighted by molar-refractivity contribution is 5.84. The molecule has 2 aliphatic rings. The maximum Gasteiger partial charge on any atom is 0.407 e. The first-order valence-electron chi connectivity index (χ1n) is 11.1. The third kappa shape index (κ3) is 4.43. The van der Waals surface area contributed by atoms with Gasteiger partial charge in [0.05, 0.1) is 12.5 Å². The van der Waals surface area contributed by atoms with E-state index in [1.54, 1.807) is 6.92 Å². The highest BCUT2D eigenvalue weighted by atomic mass is 16.5. The van der Waals surface area contributed by atoms with Crippen LogP contribution in [-0.2, 0) is 19.1 Å². The Morgan fingerprint density at radius 1 is 1.09 bits per heavy atom. The number of aliphatic carboxylic acids is 1. The predicted molar refractivity (Wildman–Crippen MR) is 121 cm³/mol. The van der Waals surface area contributed by atoms with Crippen LogP contribution < -0.4 is 5.32 Å². The van der Waals surface area contributed by atoms with Crippen LogP contribution in [0.5, 0.6) is 0 Å². The van der Waals surface area contributed by atoms with E-state index in [1.807, 2.05) is 36.4 Å². The van der Waals surface area contributed by atoms with Crippen molar-refractivity contribution >= 4 is 18.0 Å². The minimum Gasteiger partial charge on any atom is -0.481 e. The van der Waals surface area contributed by atoms with Crippen molar-refractivity contribution < 1.29 is 29.0 Å². The molecular weight excluding hydrogens is 424 g/mol. The summed E-state index contributed by atoms with van der Waals surface area (Å²) in [6, 6.07) is 15.7. The van der Waals surface area contributed by atoms with E-state index in [0.29, 0.717) is 13.0 Å². The van der Waals surface area contributed by atoms with Gasteiger partial charge in [-0.05, 0) is 35.6 Å². The monoisotopic (exact) mass is 452 g/mol. The van der Waals surface area contributed by atoms with Gasteiger partial charge in [0.15, 0.2) is 6.10 Å². The second-order valence-corrected chi connectivity index (χ2v) is 8.44. The lowest BCUT2D eigenvalue weighted by Gasteiger charge is -2.27. The minimum atomic E-state index is -0.916. The van der Waals surface area contributed by atoms with Gasteiger partial charge in [0.1, 0.15) is 6.61 Å². The number of alkyl carbamates (subject to hydrolysis) is 1. The normalized spacial score (nSPS) is 20.1. The lowest BCUT2D eigenvalue weighted by Crippen LogP contribution is -2.48. The van der Waals surface area contributed by atoms with Gasteiger partial charge in [0.25, 0.3) is 5.91 Å². The van der Waals surface area contributed by atoms with E-state index in [1.165, 1.54) is 12.0 Å². The fourth-order valence-electron chi connectivity index (χ4n) is 4.86. The molecule has 2 amide bonds. The van der Waals surface area contributed by atoms with Crippen LogP contribution in [0.25, 0.3) is 11.1 Å². The standard InChI is InChI=1S/C25H28N2O6/c1-15-16(24(29)30)11-12-27(15)23(28)22(32-2)13-26-25(31)33-14-21-19-9-5-3-7-17(19)18-8-4-6-10-20(18)21/h3-10,15-16,21-22H,11-14H2,1-2H3,(H,26,31)(H,29,30). The summed E-state index contributed by atoms with van der Waals surface area (Å²) in [6.07, 6.45) is -1.15. The number of nitrogens with one attached hydrogen (secondary N) is 1. The molecule has 8 heteroatoms. The molecular formula is C25H28N2O6. The number of carbonyl (C=O) groups is 3. The molecule has 0 bridgehead atoms. The molecule has 0 spiro atoms. The van der Waals surface area contributed by atoms with Gasteiger partial charge >= 0.3 is 12.1 Å². The number of fused-ring (bicyclic) bond motifs is 3. The molecule has 1 heterocycles. The summed E-state index contributed by atoms with van der Waals surface area (Å²) >= 11 is 0. The van der Waals surface area contributed by atoms with Crippen LogP contribution in [0.15, 0.2) is 48.5 Å². The average Bonchev–Trinajstić information content (AvgIpc) is 3.36. The largest absolute Gasteiger partial charge is 0.481 e. The van der Waals surface area contributed by atoms with Crippen molar-refractivity contribution in [1.29, 1.82) is 0 Å². The summed E-state index contributed by atoms with van der Waals surface area (Å²) in [5, 5.41) is 11.9. The Morgan fingerprint density at radius 3 is 2.24 bits per heavy atom. The molecule has 1 aliphatic heterocycles. The zero-order valence-corrected chi connectivity index (χ0v) is 18.7. The Bertz CT molecular complexity index is 1010. The molecule has 174 valence electrons. The van der Waals surface area contributed by atoms with Gasteiger partial charge in [-0.2, -0.15) is 0 Å². The van der Waals surface area contributed by atoms with E-state index in [-0.39, 0.29) is 25.0 Å². The van der Waals surface area contributed by atoms with Crippen LogP contribution in [0.3, 0.4) is 0 Å². The predicted octanol–water partition coefficient (Wildman–Crippen LogP) is 2.86. The zero-order valence-electron chi connectivity index (χ0n) is 18.7. The van der Waals surface area contributed by atoms with Crippen LogP contribution >= 0.6 is 0 Å². The highest BCUT2D eigenvalue weighted by Crippen LogP contribution is 2.44. The van der Waals surface area contributed by atoms with Crippen molar-refractivity contribution in [2.75, 3.05) is 26.8 Å². The van der Waals surface area contributed by atoms with E-state index in [2.05, 4.69) is 17.4 Å². The first-order chi connectivity index (χ1) is 15.9. The lowest BCUT2D eigenvalue weighted by molar-refractivity contribution is -0.145. The van der Waals surface area contributed by atoms with Crippen molar-refractivity contribution in [3.63, 3.8) is 0 Å². The van der Waals surface area contributed by atoms with Crippen LogP contribution in [0.1, 0.15) is 30.4 Å². The van der Waals surface area contributed by atoms with Crippen LogP contribution in [0.2, 0.25) is 0 Å². The number of nitrogens with zero attached hydrogens (tertiary/aromatic N) is 1. The molecule has 0 aromatic heterocycles. The maximum atomic E-state index is 12.8. The van der Waals surface area contributed by atoms with E-state index >= 15 is 0 Å². The van der Waals surface area contributed by atoms with E-state index in [0.717, 1.165) is 22.3 Å². The number of benzene rings is 2. The Labute approximate surface area is 192 Å². The molecule has 1 saturated heterocycles. The van der Waals surface area contributed by atoms with E-state index < -0.39 is 30.1 Å². The number of likely N-dealkylation sites (tertiary alicyclic amines) is 1.